The van der Waals surface area contributed by atoms with E-state index in [4.69, 9.17) is 4.74 Å². The maximum absolute atomic E-state index is 11.7. The monoisotopic (exact) mass is 320 g/mol. The molecule has 2 amide bonds. The molecule has 2 N–H and O–H groups in total. The van der Waals surface area contributed by atoms with E-state index in [2.05, 4.69) is 10.6 Å². The van der Waals surface area contributed by atoms with Gasteiger partial charge in [-0.05, 0) is 19.1 Å². The number of aryl methyl sites for hydroxylation is 1. The number of benzene rings is 1. The molecule has 0 bridgehead atoms. The third-order valence-corrected chi connectivity index (χ3v) is 3.00. The smallest absolute Gasteiger partial charge is 0.308 e. The van der Waals surface area contributed by atoms with Gasteiger partial charge >= 0.3 is 5.97 Å². The van der Waals surface area contributed by atoms with Crippen molar-refractivity contribution in [1.82, 2.24) is 5.32 Å². The van der Waals surface area contributed by atoms with E-state index >= 15 is 0 Å². The minimum absolute atomic E-state index is 0.0274. The van der Waals surface area contributed by atoms with E-state index in [1.165, 1.54) is 0 Å². The Hall–Kier alpha value is -2.37. The van der Waals surface area contributed by atoms with Crippen molar-refractivity contribution in [2.24, 2.45) is 5.41 Å². The van der Waals surface area contributed by atoms with Crippen LogP contribution in [-0.4, -0.2) is 30.9 Å². The van der Waals surface area contributed by atoms with Crippen LogP contribution in [0, 0.1) is 12.3 Å². The van der Waals surface area contributed by atoms with Gasteiger partial charge in [-0.3, -0.25) is 14.4 Å². The Balaban J connectivity index is 2.24. The van der Waals surface area contributed by atoms with Gasteiger partial charge in [0, 0.05) is 17.6 Å². The molecule has 0 atom stereocenters. The lowest BCUT2D eigenvalue weighted by molar-refractivity contribution is -0.147. The van der Waals surface area contributed by atoms with Crippen molar-refractivity contribution in [3.8, 4) is 0 Å². The fraction of sp³-hybridized carbons (Fsp3) is 0.471. The lowest BCUT2D eigenvalue weighted by Gasteiger charge is -2.17. The SMILES string of the molecule is Cc1ccc(NC(=O)COC(=O)CCNC(=O)C(C)(C)C)cc1. The van der Waals surface area contributed by atoms with Crippen molar-refractivity contribution in [1.29, 1.82) is 0 Å². The molecule has 1 aromatic carbocycles. The van der Waals surface area contributed by atoms with Gasteiger partial charge < -0.3 is 15.4 Å². The summed E-state index contributed by atoms with van der Waals surface area (Å²) < 4.78 is 4.86. The number of amides is 2. The fourth-order valence-corrected chi connectivity index (χ4v) is 1.60. The summed E-state index contributed by atoms with van der Waals surface area (Å²) in [5.74, 6) is -1.07. The largest absolute Gasteiger partial charge is 0.456 e. The van der Waals surface area contributed by atoms with E-state index in [-0.39, 0.29) is 25.5 Å². The predicted octanol–water partition coefficient (Wildman–Crippen LogP) is 2.03. The van der Waals surface area contributed by atoms with Gasteiger partial charge in [-0.1, -0.05) is 38.5 Å². The van der Waals surface area contributed by atoms with Gasteiger partial charge in [0.1, 0.15) is 0 Å². The van der Waals surface area contributed by atoms with Crippen molar-refractivity contribution >= 4 is 23.5 Å². The minimum Gasteiger partial charge on any atom is -0.456 e. The van der Waals surface area contributed by atoms with E-state index in [1.54, 1.807) is 32.9 Å². The zero-order chi connectivity index (χ0) is 17.5. The highest BCUT2D eigenvalue weighted by atomic mass is 16.5. The van der Waals surface area contributed by atoms with Crippen LogP contribution in [0.4, 0.5) is 5.69 Å². The summed E-state index contributed by atoms with van der Waals surface area (Å²) in [5, 5.41) is 5.28. The van der Waals surface area contributed by atoms with Crippen molar-refractivity contribution < 1.29 is 19.1 Å². The summed E-state index contributed by atoms with van der Waals surface area (Å²) in [6.07, 6.45) is 0.0274. The first-order chi connectivity index (χ1) is 10.7. The summed E-state index contributed by atoms with van der Waals surface area (Å²) in [6, 6.07) is 7.30. The summed E-state index contributed by atoms with van der Waals surface area (Å²) in [6.45, 7) is 7.16. The van der Waals surface area contributed by atoms with Crippen molar-refractivity contribution in [2.75, 3.05) is 18.5 Å². The first-order valence-corrected chi connectivity index (χ1v) is 7.49. The fourth-order valence-electron chi connectivity index (χ4n) is 1.60. The Bertz CT molecular complexity index is 559. The second kappa shape index (κ2) is 8.31. The second-order valence-electron chi connectivity index (χ2n) is 6.33. The normalized spacial score (nSPS) is 10.8. The standard InChI is InChI=1S/C17H24N2O4/c1-12-5-7-13(8-6-12)19-14(20)11-23-15(21)9-10-18-16(22)17(2,3)4/h5-8H,9-11H2,1-4H3,(H,18,22)(H,19,20). The van der Waals surface area contributed by atoms with Gasteiger partial charge in [0.25, 0.3) is 5.91 Å². The number of rotatable bonds is 6. The molecule has 126 valence electrons. The molecule has 0 aliphatic carbocycles. The number of ether oxygens (including phenoxy) is 1. The summed E-state index contributed by atoms with van der Waals surface area (Å²) >= 11 is 0. The van der Waals surface area contributed by atoms with Gasteiger partial charge in [-0.15, -0.1) is 0 Å². The highest BCUT2D eigenvalue weighted by Crippen LogP contribution is 2.12. The molecular formula is C17H24N2O4. The van der Waals surface area contributed by atoms with Crippen LogP contribution in [0.5, 0.6) is 0 Å². The molecule has 0 fully saturated rings. The molecule has 23 heavy (non-hydrogen) atoms. The maximum atomic E-state index is 11.7. The molecule has 1 rings (SSSR count). The number of hydrogen-bond acceptors (Lipinski definition) is 4. The molecule has 6 nitrogen and oxygen atoms in total. The van der Waals surface area contributed by atoms with Crippen molar-refractivity contribution in [3.63, 3.8) is 0 Å². The molecule has 0 aliphatic heterocycles. The molecule has 6 heteroatoms. The number of nitrogens with one attached hydrogen (secondary N) is 2. The molecule has 0 saturated carbocycles. The first kappa shape index (κ1) is 18.7. The van der Waals surface area contributed by atoms with E-state index in [9.17, 15) is 14.4 Å². The van der Waals surface area contributed by atoms with Gasteiger partial charge in [0.05, 0.1) is 6.42 Å². The van der Waals surface area contributed by atoms with Gasteiger partial charge in [0.2, 0.25) is 5.91 Å². The quantitative estimate of drug-likeness (QED) is 0.786. The summed E-state index contributed by atoms with van der Waals surface area (Å²) in [4.78, 5) is 34.8. The van der Waals surface area contributed by atoms with Crippen LogP contribution in [0.1, 0.15) is 32.8 Å². The van der Waals surface area contributed by atoms with E-state index in [0.717, 1.165) is 5.56 Å². The zero-order valence-corrected chi connectivity index (χ0v) is 14.1. The third-order valence-electron chi connectivity index (χ3n) is 3.00. The predicted molar refractivity (Wildman–Crippen MR) is 87.8 cm³/mol. The number of carbonyl (C=O) groups excluding carboxylic acids is 3. The zero-order valence-electron chi connectivity index (χ0n) is 14.1. The van der Waals surface area contributed by atoms with Crippen LogP contribution in [0.3, 0.4) is 0 Å². The Morgan fingerprint density at radius 3 is 2.26 bits per heavy atom. The topological polar surface area (TPSA) is 84.5 Å². The van der Waals surface area contributed by atoms with Crippen LogP contribution in [0.2, 0.25) is 0 Å². The molecule has 0 radical (unpaired) electrons. The highest BCUT2D eigenvalue weighted by molar-refractivity contribution is 5.92. The van der Waals surface area contributed by atoms with Crippen molar-refractivity contribution in [2.45, 2.75) is 34.1 Å². The van der Waals surface area contributed by atoms with Gasteiger partial charge in [-0.25, -0.2) is 0 Å². The first-order valence-electron chi connectivity index (χ1n) is 7.49. The highest BCUT2D eigenvalue weighted by Gasteiger charge is 2.20. The number of hydrogen-bond donors (Lipinski definition) is 2. The molecule has 1 aromatic rings. The molecule has 0 unspecified atom stereocenters. The minimum atomic E-state index is -0.529. The summed E-state index contributed by atoms with van der Waals surface area (Å²) in [5.41, 5.74) is 1.23. The Morgan fingerprint density at radius 1 is 1.09 bits per heavy atom. The molecule has 0 aliphatic rings. The molecule has 0 heterocycles. The lowest BCUT2D eigenvalue weighted by atomic mass is 9.96. The average Bonchev–Trinajstić information content (AvgIpc) is 2.46. The molecule has 0 saturated heterocycles. The molecule has 0 aromatic heterocycles. The van der Waals surface area contributed by atoms with Crippen LogP contribution in [0.15, 0.2) is 24.3 Å². The van der Waals surface area contributed by atoms with E-state index in [0.29, 0.717) is 5.69 Å². The van der Waals surface area contributed by atoms with Crippen LogP contribution in [-0.2, 0) is 19.1 Å². The average molecular weight is 320 g/mol. The van der Waals surface area contributed by atoms with E-state index < -0.39 is 17.3 Å². The van der Waals surface area contributed by atoms with Crippen LogP contribution in [0.25, 0.3) is 0 Å². The van der Waals surface area contributed by atoms with Crippen LogP contribution >= 0.6 is 0 Å². The Labute approximate surface area is 136 Å². The molecular weight excluding hydrogens is 296 g/mol. The Morgan fingerprint density at radius 2 is 1.70 bits per heavy atom. The van der Waals surface area contributed by atoms with Crippen LogP contribution < -0.4 is 10.6 Å². The number of carbonyl (C=O) groups is 3. The lowest BCUT2D eigenvalue weighted by Crippen LogP contribution is -2.36. The third kappa shape index (κ3) is 7.44. The van der Waals surface area contributed by atoms with Gasteiger partial charge in [-0.2, -0.15) is 0 Å². The molecule has 0 spiro atoms. The maximum Gasteiger partial charge on any atom is 0.308 e. The number of esters is 1. The summed E-state index contributed by atoms with van der Waals surface area (Å²) in [7, 11) is 0. The van der Waals surface area contributed by atoms with Gasteiger partial charge in [0.15, 0.2) is 6.61 Å². The van der Waals surface area contributed by atoms with E-state index in [1.807, 2.05) is 19.1 Å². The second-order valence-corrected chi connectivity index (χ2v) is 6.33. The number of anilines is 1. The Kier molecular flexibility index (Phi) is 6.75. The van der Waals surface area contributed by atoms with Crippen molar-refractivity contribution in [3.05, 3.63) is 29.8 Å².